The van der Waals surface area contributed by atoms with E-state index in [0.717, 1.165) is 42.4 Å². The highest BCUT2D eigenvalue weighted by molar-refractivity contribution is 5.15. The maximum atomic E-state index is 10.7. The molecular formula is C24H40O. The van der Waals surface area contributed by atoms with Gasteiger partial charge in [-0.05, 0) is 118 Å². The Labute approximate surface area is 155 Å². The minimum atomic E-state index is -0.405. The number of aliphatic hydroxyl groups is 1. The molecule has 0 bridgehead atoms. The van der Waals surface area contributed by atoms with Gasteiger partial charge in [0.15, 0.2) is 0 Å². The molecule has 4 aliphatic rings. The van der Waals surface area contributed by atoms with Crippen LogP contribution in [0, 0.1) is 40.4 Å². The van der Waals surface area contributed by atoms with Gasteiger partial charge in [-0.25, -0.2) is 0 Å². The average molecular weight is 345 g/mol. The third-order valence-electron chi connectivity index (χ3n) is 9.91. The Bertz CT molecular complexity index is 548. The molecule has 0 aromatic rings. The summed E-state index contributed by atoms with van der Waals surface area (Å²) in [5.41, 5.74) is 2.09. The van der Waals surface area contributed by atoms with Crippen molar-refractivity contribution in [3.8, 4) is 0 Å². The Morgan fingerprint density at radius 1 is 1.00 bits per heavy atom. The van der Waals surface area contributed by atoms with Crippen molar-refractivity contribution in [2.24, 2.45) is 40.4 Å². The number of hydrogen-bond donors (Lipinski definition) is 1. The molecule has 142 valence electrons. The lowest BCUT2D eigenvalue weighted by atomic mass is 9.42. The van der Waals surface area contributed by atoms with Gasteiger partial charge in [-0.1, -0.05) is 26.0 Å². The van der Waals surface area contributed by atoms with E-state index in [2.05, 4.69) is 34.3 Å². The Morgan fingerprint density at radius 2 is 1.76 bits per heavy atom. The molecule has 1 heteroatoms. The number of fused-ring (bicyclic) bond motifs is 5. The molecule has 0 aliphatic heterocycles. The molecule has 25 heavy (non-hydrogen) atoms. The molecule has 0 aromatic heterocycles. The first kappa shape index (κ1) is 18.1. The second-order valence-electron chi connectivity index (χ2n) is 11.0. The highest BCUT2D eigenvalue weighted by Gasteiger charge is 2.61. The fraction of sp³-hybridized carbons (Fsp3) is 0.917. The van der Waals surface area contributed by atoms with E-state index >= 15 is 0 Å². The largest absolute Gasteiger partial charge is 0.390 e. The summed E-state index contributed by atoms with van der Waals surface area (Å²) < 4.78 is 0. The summed E-state index contributed by atoms with van der Waals surface area (Å²) in [4.78, 5) is 0. The average Bonchev–Trinajstić information content (AvgIpc) is 2.91. The molecule has 0 unspecified atom stereocenters. The second kappa shape index (κ2) is 5.85. The predicted octanol–water partition coefficient (Wildman–Crippen LogP) is 6.36. The zero-order valence-corrected chi connectivity index (χ0v) is 17.1. The number of rotatable bonds is 2. The third kappa shape index (κ3) is 2.51. The third-order valence-corrected chi connectivity index (χ3v) is 9.91. The maximum absolute atomic E-state index is 10.7. The predicted molar refractivity (Wildman–Crippen MR) is 105 cm³/mol. The summed E-state index contributed by atoms with van der Waals surface area (Å²) in [5.74, 6) is 4.34. The van der Waals surface area contributed by atoms with E-state index in [0.29, 0.717) is 10.8 Å². The van der Waals surface area contributed by atoms with Crippen molar-refractivity contribution in [2.45, 2.75) is 97.5 Å². The first-order valence-electron chi connectivity index (χ1n) is 11.1. The van der Waals surface area contributed by atoms with Crippen LogP contribution in [0.2, 0.25) is 0 Å². The summed E-state index contributed by atoms with van der Waals surface area (Å²) in [6, 6.07) is 0. The van der Waals surface area contributed by atoms with Crippen LogP contribution in [-0.2, 0) is 0 Å². The summed E-state index contributed by atoms with van der Waals surface area (Å²) in [6.45, 7) is 13.8. The lowest BCUT2D eigenvalue weighted by Crippen LogP contribution is -2.56. The van der Waals surface area contributed by atoms with E-state index in [-0.39, 0.29) is 0 Å². The highest BCUT2D eigenvalue weighted by Crippen LogP contribution is 2.69. The fourth-order valence-corrected chi connectivity index (χ4v) is 8.75. The second-order valence-corrected chi connectivity index (χ2v) is 11.0. The zero-order chi connectivity index (χ0) is 18.0. The molecule has 1 nitrogen and oxygen atoms in total. The van der Waals surface area contributed by atoms with Crippen molar-refractivity contribution in [3.05, 3.63) is 12.2 Å². The minimum absolute atomic E-state index is 0.405. The molecule has 0 spiro atoms. The van der Waals surface area contributed by atoms with Crippen molar-refractivity contribution in [1.29, 1.82) is 0 Å². The minimum Gasteiger partial charge on any atom is -0.390 e. The van der Waals surface area contributed by atoms with E-state index in [1.807, 2.05) is 0 Å². The maximum Gasteiger partial charge on any atom is 0.0622 e. The Hall–Kier alpha value is -0.300. The van der Waals surface area contributed by atoms with Gasteiger partial charge in [0.2, 0.25) is 0 Å². The fourth-order valence-electron chi connectivity index (χ4n) is 8.75. The smallest absolute Gasteiger partial charge is 0.0622 e. The van der Waals surface area contributed by atoms with Gasteiger partial charge >= 0.3 is 0 Å². The number of hydrogen-bond acceptors (Lipinski definition) is 1. The first-order chi connectivity index (χ1) is 11.7. The van der Waals surface area contributed by atoms with E-state index in [4.69, 9.17) is 0 Å². The highest BCUT2D eigenvalue weighted by atomic mass is 16.3. The molecule has 4 aliphatic carbocycles. The van der Waals surface area contributed by atoms with Crippen LogP contribution in [0.3, 0.4) is 0 Å². The molecule has 1 N–H and O–H groups in total. The standard InChI is InChI=1S/C24H40O/c1-6-24-14-13-22(4,25)15-17(24)7-8-18-20-10-9-19(16(2)3)23(20,5)12-11-21(18)24/h17-21,25H,2,6-15H2,1,3-5H3/t17-,18+,19-,20+,21+,22-,23-,24+/m1/s1. The van der Waals surface area contributed by atoms with Crippen molar-refractivity contribution in [3.63, 3.8) is 0 Å². The van der Waals surface area contributed by atoms with Gasteiger partial charge in [-0.15, -0.1) is 0 Å². The molecule has 0 amide bonds. The van der Waals surface area contributed by atoms with Crippen LogP contribution in [0.1, 0.15) is 91.9 Å². The summed E-state index contributed by atoms with van der Waals surface area (Å²) in [7, 11) is 0. The van der Waals surface area contributed by atoms with Crippen LogP contribution in [0.25, 0.3) is 0 Å². The normalized spacial score (nSPS) is 55.2. The van der Waals surface area contributed by atoms with Crippen LogP contribution in [0.4, 0.5) is 0 Å². The van der Waals surface area contributed by atoms with Gasteiger partial charge in [0.05, 0.1) is 5.60 Å². The van der Waals surface area contributed by atoms with E-state index in [1.165, 1.54) is 56.9 Å². The Morgan fingerprint density at radius 3 is 2.44 bits per heavy atom. The number of allylic oxidation sites excluding steroid dienone is 1. The van der Waals surface area contributed by atoms with Gasteiger partial charge in [-0.3, -0.25) is 0 Å². The first-order valence-corrected chi connectivity index (χ1v) is 11.1. The van der Waals surface area contributed by atoms with Crippen LogP contribution < -0.4 is 0 Å². The van der Waals surface area contributed by atoms with Gasteiger partial charge in [0.25, 0.3) is 0 Å². The molecule has 0 heterocycles. The van der Waals surface area contributed by atoms with Crippen LogP contribution in [-0.4, -0.2) is 10.7 Å². The summed E-state index contributed by atoms with van der Waals surface area (Å²) in [6.07, 6.45) is 13.2. The van der Waals surface area contributed by atoms with Crippen LogP contribution >= 0.6 is 0 Å². The molecule has 4 rings (SSSR count). The van der Waals surface area contributed by atoms with E-state index in [9.17, 15) is 5.11 Å². The molecule has 0 saturated heterocycles. The molecule has 0 radical (unpaired) electrons. The van der Waals surface area contributed by atoms with Gasteiger partial charge in [0.1, 0.15) is 0 Å². The molecule has 4 fully saturated rings. The SMILES string of the molecule is C=C(C)[C@H]1CC[C@H]2[C@@H]3CC[C@@H]4C[C@](C)(O)CC[C@]4(CC)[C@H]3CC[C@]12C. The zero-order valence-electron chi connectivity index (χ0n) is 17.1. The van der Waals surface area contributed by atoms with Gasteiger partial charge in [-0.2, -0.15) is 0 Å². The topological polar surface area (TPSA) is 20.2 Å². The van der Waals surface area contributed by atoms with E-state index < -0.39 is 5.60 Å². The Kier molecular flexibility index (Phi) is 4.23. The van der Waals surface area contributed by atoms with Crippen molar-refractivity contribution < 1.29 is 5.11 Å². The van der Waals surface area contributed by atoms with Crippen molar-refractivity contribution >= 4 is 0 Å². The van der Waals surface area contributed by atoms with Crippen molar-refractivity contribution in [1.82, 2.24) is 0 Å². The lowest BCUT2D eigenvalue weighted by molar-refractivity contribution is -0.154. The molecular weight excluding hydrogens is 304 g/mol. The summed E-state index contributed by atoms with van der Waals surface area (Å²) in [5, 5.41) is 10.7. The monoisotopic (exact) mass is 344 g/mol. The van der Waals surface area contributed by atoms with E-state index in [1.54, 1.807) is 0 Å². The van der Waals surface area contributed by atoms with Gasteiger partial charge < -0.3 is 5.11 Å². The molecule has 4 saturated carbocycles. The molecule has 0 aromatic carbocycles. The van der Waals surface area contributed by atoms with Crippen LogP contribution in [0.5, 0.6) is 0 Å². The van der Waals surface area contributed by atoms with Crippen molar-refractivity contribution in [2.75, 3.05) is 0 Å². The van der Waals surface area contributed by atoms with Gasteiger partial charge in [0, 0.05) is 0 Å². The van der Waals surface area contributed by atoms with Crippen LogP contribution in [0.15, 0.2) is 12.2 Å². The quantitative estimate of drug-likeness (QED) is 0.578. The Balaban J connectivity index is 1.64. The molecule has 8 atom stereocenters. The summed E-state index contributed by atoms with van der Waals surface area (Å²) >= 11 is 0. The lowest BCUT2D eigenvalue weighted by Gasteiger charge is -2.63.